The van der Waals surface area contributed by atoms with Gasteiger partial charge < -0.3 is 14.0 Å². The summed E-state index contributed by atoms with van der Waals surface area (Å²) in [5, 5.41) is 9.40. The van der Waals surface area contributed by atoms with E-state index in [4.69, 9.17) is 25.6 Å². The van der Waals surface area contributed by atoms with Crippen LogP contribution >= 0.6 is 11.6 Å². The molecule has 0 radical (unpaired) electrons. The Hall–Kier alpha value is -1.28. The maximum atomic E-state index is 8.96. The molecule has 0 unspecified atom stereocenters. The molecule has 2 rings (SSSR count). The molecule has 0 atom stereocenters. The van der Waals surface area contributed by atoms with Crippen molar-refractivity contribution in [3.63, 3.8) is 0 Å². The van der Waals surface area contributed by atoms with Gasteiger partial charge in [-0.1, -0.05) is 65.8 Å². The Kier molecular flexibility index (Phi) is 10.1. The highest BCUT2D eigenvalue weighted by Crippen LogP contribution is 2.38. The fourth-order valence-corrected chi connectivity index (χ4v) is 4.45. The molecule has 0 aromatic heterocycles. The minimum Gasteiger partial charge on any atom is -0.544 e. The summed E-state index contributed by atoms with van der Waals surface area (Å²) < 4.78 is 12.3. The van der Waals surface area contributed by atoms with Crippen molar-refractivity contribution >= 4 is 28.2 Å². The molecule has 6 heteroatoms. The lowest BCUT2D eigenvalue weighted by Gasteiger charge is -2.36. The SMILES string of the molecule is CC(C)(C)[Si](C)(C)Oc1ccc(CCl)cc1.CC(C)(C)[Si](C)(C)Oc1ccc(CO)cc1. The summed E-state index contributed by atoms with van der Waals surface area (Å²) >= 11 is 5.75. The van der Waals surface area contributed by atoms with Gasteiger partial charge in [-0.05, 0) is 71.7 Å². The summed E-state index contributed by atoms with van der Waals surface area (Å²) in [6.07, 6.45) is 0. The lowest BCUT2D eigenvalue weighted by molar-refractivity contribution is 0.282. The minimum atomic E-state index is -1.74. The summed E-state index contributed by atoms with van der Waals surface area (Å²) in [6, 6.07) is 15.8. The van der Waals surface area contributed by atoms with Gasteiger partial charge in [0.15, 0.2) is 0 Å². The molecule has 0 aliphatic heterocycles. The van der Waals surface area contributed by atoms with E-state index in [1.165, 1.54) is 0 Å². The highest BCUT2D eigenvalue weighted by Gasteiger charge is 2.39. The molecular formula is C26H43ClO3Si2. The maximum Gasteiger partial charge on any atom is 0.250 e. The number of benzene rings is 2. The van der Waals surface area contributed by atoms with E-state index in [2.05, 4.69) is 67.7 Å². The summed E-state index contributed by atoms with van der Waals surface area (Å²) in [5.41, 5.74) is 2.05. The Bertz CT molecular complexity index is 747. The molecule has 0 amide bonds. The third-order valence-corrected chi connectivity index (χ3v) is 15.6. The van der Waals surface area contributed by atoms with Gasteiger partial charge in [-0.15, -0.1) is 11.6 Å². The van der Waals surface area contributed by atoms with Crippen molar-refractivity contribution in [3.8, 4) is 11.5 Å². The van der Waals surface area contributed by atoms with Crippen LogP contribution in [0.2, 0.25) is 36.3 Å². The summed E-state index contributed by atoms with van der Waals surface area (Å²) in [6.45, 7) is 22.4. The van der Waals surface area contributed by atoms with Crippen LogP contribution in [-0.2, 0) is 12.5 Å². The smallest absolute Gasteiger partial charge is 0.250 e. The van der Waals surface area contributed by atoms with Gasteiger partial charge in [0, 0.05) is 5.88 Å². The number of aliphatic hydroxyl groups excluding tert-OH is 1. The van der Waals surface area contributed by atoms with Gasteiger partial charge in [0.05, 0.1) is 6.61 Å². The average molecular weight is 495 g/mol. The lowest BCUT2D eigenvalue weighted by atomic mass is 10.2. The number of rotatable bonds is 6. The first-order valence-corrected chi connectivity index (χ1v) is 17.6. The lowest BCUT2D eigenvalue weighted by Crippen LogP contribution is -2.43. The number of alkyl halides is 1. The molecule has 180 valence electrons. The van der Waals surface area contributed by atoms with E-state index in [9.17, 15) is 0 Å². The molecule has 0 fully saturated rings. The van der Waals surface area contributed by atoms with Crippen LogP contribution in [0.5, 0.6) is 11.5 Å². The predicted octanol–water partition coefficient (Wildman–Crippen LogP) is 8.37. The molecule has 0 spiro atoms. The topological polar surface area (TPSA) is 38.7 Å². The van der Waals surface area contributed by atoms with Gasteiger partial charge in [-0.25, -0.2) is 0 Å². The van der Waals surface area contributed by atoms with Gasteiger partial charge in [0.1, 0.15) is 11.5 Å². The standard InChI is InChI=1S/C13H21ClOSi.C13H22O2Si/c2*1-13(2,3)16(4,5)15-12-8-6-11(10-14)7-9-12/h6-9H,10H2,1-5H3;6-9,14H,10H2,1-5H3. The van der Waals surface area contributed by atoms with E-state index in [1.807, 2.05) is 48.5 Å². The van der Waals surface area contributed by atoms with Crippen LogP contribution in [0.25, 0.3) is 0 Å². The summed E-state index contributed by atoms with van der Waals surface area (Å²) in [5.74, 6) is 2.42. The fraction of sp³-hybridized carbons (Fsp3) is 0.538. The van der Waals surface area contributed by atoms with Gasteiger partial charge in [-0.2, -0.15) is 0 Å². The van der Waals surface area contributed by atoms with E-state index in [1.54, 1.807) is 0 Å². The number of hydrogen-bond acceptors (Lipinski definition) is 3. The molecule has 0 saturated carbocycles. The summed E-state index contributed by atoms with van der Waals surface area (Å²) in [7, 11) is -3.44. The van der Waals surface area contributed by atoms with Crippen molar-refractivity contribution in [2.75, 3.05) is 0 Å². The van der Waals surface area contributed by atoms with Crippen LogP contribution in [0.15, 0.2) is 48.5 Å². The quantitative estimate of drug-likeness (QED) is 0.323. The molecule has 32 heavy (non-hydrogen) atoms. The monoisotopic (exact) mass is 494 g/mol. The predicted molar refractivity (Wildman–Crippen MR) is 144 cm³/mol. The summed E-state index contributed by atoms with van der Waals surface area (Å²) in [4.78, 5) is 0. The third kappa shape index (κ3) is 8.58. The van der Waals surface area contributed by atoms with Crippen LogP contribution in [-0.4, -0.2) is 21.7 Å². The van der Waals surface area contributed by atoms with Crippen molar-refractivity contribution in [2.45, 2.75) is 90.3 Å². The van der Waals surface area contributed by atoms with Crippen LogP contribution in [0.4, 0.5) is 0 Å². The zero-order chi connectivity index (χ0) is 24.8. The molecule has 0 bridgehead atoms. The van der Waals surface area contributed by atoms with E-state index in [-0.39, 0.29) is 16.7 Å². The number of hydrogen-bond donors (Lipinski definition) is 1. The molecule has 3 nitrogen and oxygen atoms in total. The Balaban J connectivity index is 0.000000320. The van der Waals surface area contributed by atoms with Crippen molar-refractivity contribution in [2.24, 2.45) is 0 Å². The molecule has 1 N–H and O–H groups in total. The van der Waals surface area contributed by atoms with Crippen molar-refractivity contribution in [1.82, 2.24) is 0 Å². The highest BCUT2D eigenvalue weighted by atomic mass is 35.5. The highest BCUT2D eigenvalue weighted by molar-refractivity contribution is 6.75. The number of aliphatic hydroxyl groups is 1. The Morgan fingerprint density at radius 2 is 0.969 bits per heavy atom. The normalized spacial score (nSPS) is 12.6. The van der Waals surface area contributed by atoms with E-state index < -0.39 is 16.6 Å². The molecule has 0 aliphatic carbocycles. The van der Waals surface area contributed by atoms with Crippen molar-refractivity contribution in [3.05, 3.63) is 59.7 Å². The minimum absolute atomic E-state index is 0.0837. The van der Waals surface area contributed by atoms with Crippen LogP contribution in [0, 0.1) is 0 Å². The molecular weight excluding hydrogens is 452 g/mol. The molecule has 0 heterocycles. The average Bonchev–Trinajstić information content (AvgIpc) is 2.67. The molecule has 2 aromatic rings. The molecule has 0 aliphatic rings. The van der Waals surface area contributed by atoms with Crippen molar-refractivity contribution in [1.29, 1.82) is 0 Å². The first-order chi connectivity index (χ1) is 14.5. The first kappa shape index (κ1) is 28.8. The fourth-order valence-electron chi connectivity index (χ4n) is 2.20. The third-order valence-electron chi connectivity index (χ3n) is 6.54. The van der Waals surface area contributed by atoms with Gasteiger partial charge >= 0.3 is 0 Å². The second-order valence-corrected chi connectivity index (χ2v) is 21.0. The van der Waals surface area contributed by atoms with Crippen LogP contribution < -0.4 is 8.85 Å². The second-order valence-electron chi connectivity index (χ2n) is 11.3. The van der Waals surface area contributed by atoms with Crippen LogP contribution in [0.1, 0.15) is 52.7 Å². The van der Waals surface area contributed by atoms with Crippen LogP contribution in [0.3, 0.4) is 0 Å². The number of halogens is 1. The zero-order valence-electron chi connectivity index (χ0n) is 21.7. The zero-order valence-corrected chi connectivity index (χ0v) is 24.4. The Morgan fingerprint density at radius 3 is 1.22 bits per heavy atom. The van der Waals surface area contributed by atoms with E-state index in [0.29, 0.717) is 5.88 Å². The largest absolute Gasteiger partial charge is 0.544 e. The van der Waals surface area contributed by atoms with Gasteiger partial charge in [0.25, 0.3) is 0 Å². The first-order valence-electron chi connectivity index (χ1n) is 11.2. The van der Waals surface area contributed by atoms with E-state index >= 15 is 0 Å². The van der Waals surface area contributed by atoms with Gasteiger partial charge in [-0.3, -0.25) is 0 Å². The second kappa shape index (κ2) is 11.2. The van der Waals surface area contributed by atoms with E-state index in [0.717, 1.165) is 22.6 Å². The molecule has 0 saturated heterocycles. The van der Waals surface area contributed by atoms with Gasteiger partial charge in [0.2, 0.25) is 16.6 Å². The maximum absolute atomic E-state index is 8.96. The Labute approximate surface area is 203 Å². The molecule has 2 aromatic carbocycles. The van der Waals surface area contributed by atoms with Crippen molar-refractivity contribution < 1.29 is 14.0 Å². The Morgan fingerprint density at radius 1 is 0.656 bits per heavy atom.